The van der Waals surface area contributed by atoms with E-state index in [9.17, 15) is 9.59 Å². The number of nitrogens with one attached hydrogen (secondary N) is 1. The number of likely N-dealkylation sites (tertiary alicyclic amines) is 1. The summed E-state index contributed by atoms with van der Waals surface area (Å²) in [6.07, 6.45) is 1.34. The lowest BCUT2D eigenvalue weighted by Gasteiger charge is -2.40. The molecule has 0 saturated carbocycles. The van der Waals surface area contributed by atoms with Crippen LogP contribution in [0.2, 0.25) is 0 Å². The Morgan fingerprint density at radius 2 is 2.12 bits per heavy atom. The second-order valence-corrected chi connectivity index (χ2v) is 6.25. The molecule has 0 aromatic heterocycles. The van der Waals surface area contributed by atoms with E-state index in [2.05, 4.69) is 5.32 Å². The first kappa shape index (κ1) is 20.0. The van der Waals surface area contributed by atoms with Gasteiger partial charge < -0.3 is 24.8 Å². The Kier molecular flexibility index (Phi) is 7.26. The Bertz CT molecular complexity index is 634. The monoisotopic (exact) mass is 364 g/mol. The van der Waals surface area contributed by atoms with Crippen molar-refractivity contribution >= 4 is 11.8 Å². The molecule has 2 N–H and O–H groups in total. The van der Waals surface area contributed by atoms with Crippen LogP contribution in [0, 0.1) is 5.92 Å². The topological polar surface area (TPSA) is 88.1 Å². The van der Waals surface area contributed by atoms with Gasteiger partial charge in [-0.15, -0.1) is 0 Å². The number of amides is 2. The van der Waals surface area contributed by atoms with Crippen LogP contribution in [0.4, 0.5) is 0 Å². The third-order valence-corrected chi connectivity index (χ3v) is 4.78. The van der Waals surface area contributed by atoms with E-state index in [4.69, 9.17) is 14.6 Å². The minimum absolute atomic E-state index is 0.0280. The number of hydrogen-bond donors (Lipinski definition) is 2. The molecule has 2 amide bonds. The van der Waals surface area contributed by atoms with Crippen LogP contribution in [0.5, 0.6) is 11.5 Å². The summed E-state index contributed by atoms with van der Waals surface area (Å²) in [5, 5.41) is 11.8. The van der Waals surface area contributed by atoms with Crippen molar-refractivity contribution in [1.82, 2.24) is 10.2 Å². The van der Waals surface area contributed by atoms with Crippen LogP contribution >= 0.6 is 0 Å². The van der Waals surface area contributed by atoms with Crippen molar-refractivity contribution in [2.45, 2.75) is 32.2 Å². The molecular weight excluding hydrogens is 336 g/mol. The molecule has 7 heteroatoms. The summed E-state index contributed by atoms with van der Waals surface area (Å²) >= 11 is 0. The van der Waals surface area contributed by atoms with Crippen molar-refractivity contribution < 1.29 is 24.2 Å². The van der Waals surface area contributed by atoms with Crippen LogP contribution in [0.3, 0.4) is 0 Å². The Morgan fingerprint density at radius 1 is 1.35 bits per heavy atom. The number of ether oxygens (including phenoxy) is 2. The standard InChI is InChI=1S/C19H28N2O5/c1-4-21-17(23)9-8-15(19(24)20-10-5-11-22)18(21)14-7-6-13(25-2)12-16(14)26-3/h6-7,12,15,18,22H,4-5,8-11H2,1-3H3,(H,20,24)/t15-,18+/m1/s1. The summed E-state index contributed by atoms with van der Waals surface area (Å²) in [5.74, 6) is 0.811. The number of benzene rings is 1. The molecule has 1 saturated heterocycles. The van der Waals surface area contributed by atoms with Gasteiger partial charge in [-0.2, -0.15) is 0 Å². The van der Waals surface area contributed by atoms with E-state index in [1.807, 2.05) is 19.1 Å². The zero-order chi connectivity index (χ0) is 19.1. The molecule has 26 heavy (non-hydrogen) atoms. The van der Waals surface area contributed by atoms with E-state index in [1.165, 1.54) is 0 Å². The van der Waals surface area contributed by atoms with Crippen molar-refractivity contribution in [3.63, 3.8) is 0 Å². The highest BCUT2D eigenvalue weighted by Gasteiger charge is 2.41. The van der Waals surface area contributed by atoms with Gasteiger partial charge >= 0.3 is 0 Å². The molecular formula is C19H28N2O5. The molecule has 1 fully saturated rings. The quantitative estimate of drug-likeness (QED) is 0.683. The average Bonchev–Trinajstić information content (AvgIpc) is 2.67. The van der Waals surface area contributed by atoms with Gasteiger partial charge in [-0.05, 0) is 31.9 Å². The van der Waals surface area contributed by atoms with Crippen LogP contribution in [0.25, 0.3) is 0 Å². The molecule has 1 aromatic rings. The van der Waals surface area contributed by atoms with Gasteiger partial charge in [0.25, 0.3) is 0 Å². The van der Waals surface area contributed by atoms with Crippen molar-refractivity contribution in [3.8, 4) is 11.5 Å². The lowest BCUT2D eigenvalue weighted by molar-refractivity contribution is -0.143. The highest BCUT2D eigenvalue weighted by molar-refractivity contribution is 5.85. The van der Waals surface area contributed by atoms with Crippen molar-refractivity contribution in [2.24, 2.45) is 5.92 Å². The zero-order valence-electron chi connectivity index (χ0n) is 15.7. The van der Waals surface area contributed by atoms with Gasteiger partial charge in [0.05, 0.1) is 26.2 Å². The van der Waals surface area contributed by atoms with Crippen molar-refractivity contribution in [3.05, 3.63) is 23.8 Å². The predicted molar refractivity (Wildman–Crippen MR) is 97.1 cm³/mol. The van der Waals surface area contributed by atoms with Gasteiger partial charge in [0.2, 0.25) is 11.8 Å². The fourth-order valence-corrected chi connectivity index (χ4v) is 3.47. The van der Waals surface area contributed by atoms with Crippen LogP contribution in [-0.2, 0) is 9.59 Å². The fourth-order valence-electron chi connectivity index (χ4n) is 3.47. The molecule has 2 atom stereocenters. The van der Waals surface area contributed by atoms with E-state index in [-0.39, 0.29) is 24.3 Å². The number of aliphatic hydroxyl groups excluding tert-OH is 1. The molecule has 1 heterocycles. The molecule has 1 aromatic carbocycles. The molecule has 0 spiro atoms. The maximum Gasteiger partial charge on any atom is 0.225 e. The first-order valence-corrected chi connectivity index (χ1v) is 8.97. The maximum absolute atomic E-state index is 12.8. The van der Waals surface area contributed by atoms with Crippen LogP contribution < -0.4 is 14.8 Å². The Balaban J connectivity index is 2.39. The summed E-state index contributed by atoms with van der Waals surface area (Å²) in [6.45, 7) is 2.87. The normalized spacial score (nSPS) is 20.0. The van der Waals surface area contributed by atoms with E-state index in [1.54, 1.807) is 25.2 Å². The Morgan fingerprint density at radius 3 is 2.73 bits per heavy atom. The summed E-state index contributed by atoms with van der Waals surface area (Å²) in [4.78, 5) is 26.9. The van der Waals surface area contributed by atoms with Crippen molar-refractivity contribution in [1.29, 1.82) is 0 Å². The third kappa shape index (κ3) is 4.27. The largest absolute Gasteiger partial charge is 0.497 e. The first-order valence-electron chi connectivity index (χ1n) is 8.97. The lowest BCUT2D eigenvalue weighted by Crippen LogP contribution is -2.48. The number of aliphatic hydroxyl groups is 1. The summed E-state index contributed by atoms with van der Waals surface area (Å²) in [5.41, 5.74) is 0.797. The van der Waals surface area contributed by atoms with E-state index < -0.39 is 6.04 Å². The van der Waals surface area contributed by atoms with E-state index in [0.717, 1.165) is 5.56 Å². The van der Waals surface area contributed by atoms with Gasteiger partial charge in [-0.1, -0.05) is 0 Å². The Labute approximate surface area is 154 Å². The minimum atomic E-state index is -0.392. The van der Waals surface area contributed by atoms with Gasteiger partial charge in [-0.25, -0.2) is 0 Å². The summed E-state index contributed by atoms with van der Waals surface area (Å²) in [7, 11) is 3.14. The molecule has 0 aliphatic carbocycles. The fraction of sp³-hybridized carbons (Fsp3) is 0.579. The second kappa shape index (κ2) is 9.43. The lowest BCUT2D eigenvalue weighted by atomic mass is 9.83. The smallest absolute Gasteiger partial charge is 0.225 e. The maximum atomic E-state index is 12.8. The SMILES string of the molecule is CCN1C(=O)CC[C@@H](C(=O)NCCCO)[C@@H]1c1ccc(OC)cc1OC. The van der Waals surface area contributed by atoms with E-state index >= 15 is 0 Å². The first-order chi connectivity index (χ1) is 12.6. The van der Waals surface area contributed by atoms with Crippen molar-refractivity contribution in [2.75, 3.05) is 33.9 Å². The molecule has 2 rings (SSSR count). The molecule has 7 nitrogen and oxygen atoms in total. The highest BCUT2D eigenvalue weighted by atomic mass is 16.5. The molecule has 1 aliphatic rings. The zero-order valence-corrected chi connectivity index (χ0v) is 15.7. The van der Waals surface area contributed by atoms with Crippen LogP contribution in [0.1, 0.15) is 37.8 Å². The number of carbonyl (C=O) groups is 2. The highest BCUT2D eigenvalue weighted by Crippen LogP contribution is 2.41. The number of piperidine rings is 1. The van der Waals surface area contributed by atoms with Gasteiger partial charge in [-0.3, -0.25) is 9.59 Å². The summed E-state index contributed by atoms with van der Waals surface area (Å²) in [6, 6.07) is 5.04. The minimum Gasteiger partial charge on any atom is -0.497 e. The van der Waals surface area contributed by atoms with E-state index in [0.29, 0.717) is 43.9 Å². The Hall–Kier alpha value is -2.28. The summed E-state index contributed by atoms with van der Waals surface area (Å²) < 4.78 is 10.8. The number of carbonyl (C=O) groups excluding carboxylic acids is 2. The van der Waals surface area contributed by atoms with Crippen LogP contribution in [-0.4, -0.2) is 55.7 Å². The number of hydrogen-bond acceptors (Lipinski definition) is 5. The number of methoxy groups -OCH3 is 2. The second-order valence-electron chi connectivity index (χ2n) is 6.25. The molecule has 0 unspecified atom stereocenters. The number of nitrogens with zero attached hydrogens (tertiary/aromatic N) is 1. The van der Waals surface area contributed by atoms with Crippen LogP contribution in [0.15, 0.2) is 18.2 Å². The van der Waals surface area contributed by atoms with Gasteiger partial charge in [0.1, 0.15) is 11.5 Å². The number of rotatable bonds is 8. The molecule has 0 radical (unpaired) electrons. The predicted octanol–water partition coefficient (Wildman–Crippen LogP) is 1.50. The van der Waals surface area contributed by atoms with Gasteiger partial charge in [0.15, 0.2) is 0 Å². The van der Waals surface area contributed by atoms with Gasteiger partial charge in [0, 0.05) is 37.7 Å². The molecule has 144 valence electrons. The third-order valence-electron chi connectivity index (χ3n) is 4.78. The average molecular weight is 364 g/mol. The molecule has 0 bridgehead atoms. The molecule has 1 aliphatic heterocycles.